The Morgan fingerprint density at radius 1 is 1.28 bits per heavy atom. The number of aromatic amines is 1. The standard InChI is InChI=1S/C15H23N3/c1-2-4-13(5-3-1)12-18-10-7-14(8-11-18)15-6-9-16-17-15/h4,6,9,14H,1-3,5,7-8,10-12H2,(H,16,17). The summed E-state index contributed by atoms with van der Waals surface area (Å²) in [7, 11) is 0. The van der Waals surface area contributed by atoms with Crippen molar-refractivity contribution in [3.8, 4) is 0 Å². The third kappa shape index (κ3) is 2.83. The van der Waals surface area contributed by atoms with Crippen molar-refractivity contribution in [1.82, 2.24) is 15.1 Å². The van der Waals surface area contributed by atoms with E-state index in [0.29, 0.717) is 5.92 Å². The van der Waals surface area contributed by atoms with Crippen LogP contribution in [0.25, 0.3) is 0 Å². The van der Waals surface area contributed by atoms with E-state index in [-0.39, 0.29) is 0 Å². The van der Waals surface area contributed by atoms with E-state index in [1.165, 1.54) is 63.9 Å². The van der Waals surface area contributed by atoms with Gasteiger partial charge in [-0.2, -0.15) is 5.10 Å². The lowest BCUT2D eigenvalue weighted by molar-refractivity contribution is 0.224. The third-order valence-electron chi connectivity index (χ3n) is 4.36. The van der Waals surface area contributed by atoms with E-state index in [1.807, 2.05) is 6.20 Å². The normalized spacial score (nSPS) is 23.0. The molecule has 0 radical (unpaired) electrons. The highest BCUT2D eigenvalue weighted by atomic mass is 15.1. The highest BCUT2D eigenvalue weighted by molar-refractivity contribution is 5.10. The highest BCUT2D eigenvalue weighted by Gasteiger charge is 2.21. The molecule has 1 aromatic rings. The molecular weight excluding hydrogens is 222 g/mol. The van der Waals surface area contributed by atoms with Crippen LogP contribution in [0.15, 0.2) is 23.9 Å². The molecule has 0 unspecified atom stereocenters. The van der Waals surface area contributed by atoms with Crippen molar-refractivity contribution >= 4 is 0 Å². The van der Waals surface area contributed by atoms with Gasteiger partial charge in [0.05, 0.1) is 0 Å². The van der Waals surface area contributed by atoms with Crippen molar-refractivity contribution in [1.29, 1.82) is 0 Å². The lowest BCUT2D eigenvalue weighted by Crippen LogP contribution is -2.34. The Morgan fingerprint density at radius 2 is 2.17 bits per heavy atom. The summed E-state index contributed by atoms with van der Waals surface area (Å²) < 4.78 is 0. The van der Waals surface area contributed by atoms with Gasteiger partial charge in [-0.25, -0.2) is 0 Å². The maximum absolute atomic E-state index is 4.06. The number of rotatable bonds is 3. The fourth-order valence-electron chi connectivity index (χ4n) is 3.23. The van der Waals surface area contributed by atoms with Gasteiger partial charge in [-0.05, 0) is 57.7 Å². The van der Waals surface area contributed by atoms with Crippen LogP contribution >= 0.6 is 0 Å². The van der Waals surface area contributed by atoms with Crippen LogP contribution in [0.1, 0.15) is 50.1 Å². The first-order chi connectivity index (χ1) is 8.92. The van der Waals surface area contributed by atoms with Crippen LogP contribution in [0.3, 0.4) is 0 Å². The maximum atomic E-state index is 4.06. The summed E-state index contributed by atoms with van der Waals surface area (Å²) in [5.74, 6) is 0.698. The molecule has 3 heteroatoms. The summed E-state index contributed by atoms with van der Waals surface area (Å²) in [5, 5.41) is 7.19. The van der Waals surface area contributed by atoms with E-state index in [0.717, 1.165) is 0 Å². The molecule has 0 bridgehead atoms. The SMILES string of the molecule is C1=C(CN2CCC(c3ccn[nH]3)CC2)CCCC1. The lowest BCUT2D eigenvalue weighted by atomic mass is 9.92. The average molecular weight is 245 g/mol. The molecule has 0 amide bonds. The first-order valence-electron chi connectivity index (χ1n) is 7.31. The number of piperidine rings is 1. The fourth-order valence-corrected chi connectivity index (χ4v) is 3.23. The molecule has 0 aromatic carbocycles. The van der Waals surface area contributed by atoms with E-state index in [4.69, 9.17) is 0 Å². The van der Waals surface area contributed by atoms with Gasteiger partial charge in [-0.15, -0.1) is 0 Å². The summed E-state index contributed by atoms with van der Waals surface area (Å²) >= 11 is 0. The quantitative estimate of drug-likeness (QED) is 0.830. The van der Waals surface area contributed by atoms with Crippen molar-refractivity contribution < 1.29 is 0 Å². The van der Waals surface area contributed by atoms with Gasteiger partial charge in [-0.1, -0.05) is 11.6 Å². The molecule has 1 aliphatic heterocycles. The number of aromatic nitrogens is 2. The summed E-state index contributed by atoms with van der Waals surface area (Å²) in [5.41, 5.74) is 3.01. The molecule has 98 valence electrons. The highest BCUT2D eigenvalue weighted by Crippen LogP contribution is 2.27. The topological polar surface area (TPSA) is 31.9 Å². The van der Waals surface area contributed by atoms with Crippen molar-refractivity contribution in [2.75, 3.05) is 19.6 Å². The Hall–Kier alpha value is -1.09. The second-order valence-corrected chi connectivity index (χ2v) is 5.67. The minimum absolute atomic E-state index is 0.698. The van der Waals surface area contributed by atoms with Crippen LogP contribution in [0.5, 0.6) is 0 Å². The summed E-state index contributed by atoms with van der Waals surface area (Å²) in [4.78, 5) is 2.63. The lowest BCUT2D eigenvalue weighted by Gasteiger charge is -2.32. The smallest absolute Gasteiger partial charge is 0.0490 e. The molecule has 1 fully saturated rings. The molecular formula is C15H23N3. The molecule has 2 heterocycles. The van der Waals surface area contributed by atoms with E-state index in [1.54, 1.807) is 5.57 Å². The van der Waals surface area contributed by atoms with Crippen molar-refractivity contribution in [2.24, 2.45) is 0 Å². The molecule has 0 atom stereocenters. The van der Waals surface area contributed by atoms with E-state index in [2.05, 4.69) is 27.2 Å². The van der Waals surface area contributed by atoms with E-state index < -0.39 is 0 Å². The maximum Gasteiger partial charge on any atom is 0.0490 e. The van der Waals surface area contributed by atoms with Crippen LogP contribution in [0.2, 0.25) is 0 Å². The van der Waals surface area contributed by atoms with Gasteiger partial charge in [-0.3, -0.25) is 10.00 Å². The number of H-pyrrole nitrogens is 1. The van der Waals surface area contributed by atoms with Crippen molar-refractivity contribution in [2.45, 2.75) is 44.4 Å². The summed E-state index contributed by atoms with van der Waals surface area (Å²) in [6.45, 7) is 3.69. The van der Waals surface area contributed by atoms with Crippen LogP contribution in [-0.4, -0.2) is 34.7 Å². The van der Waals surface area contributed by atoms with Gasteiger partial charge >= 0.3 is 0 Å². The summed E-state index contributed by atoms with van der Waals surface area (Å²) in [6, 6.07) is 2.13. The zero-order valence-corrected chi connectivity index (χ0v) is 11.1. The average Bonchev–Trinajstić information content (AvgIpc) is 2.95. The third-order valence-corrected chi connectivity index (χ3v) is 4.36. The Balaban J connectivity index is 1.49. The molecule has 3 rings (SSSR count). The number of hydrogen-bond donors (Lipinski definition) is 1. The zero-order valence-electron chi connectivity index (χ0n) is 11.1. The minimum Gasteiger partial charge on any atom is -0.299 e. The monoisotopic (exact) mass is 245 g/mol. The van der Waals surface area contributed by atoms with E-state index >= 15 is 0 Å². The molecule has 0 spiro atoms. The zero-order chi connectivity index (χ0) is 12.2. The number of nitrogens with one attached hydrogen (secondary N) is 1. The molecule has 2 aliphatic rings. The van der Waals surface area contributed by atoms with Gasteiger partial charge in [0.25, 0.3) is 0 Å². The molecule has 1 aliphatic carbocycles. The van der Waals surface area contributed by atoms with Gasteiger partial charge < -0.3 is 0 Å². The van der Waals surface area contributed by atoms with Crippen LogP contribution in [0, 0.1) is 0 Å². The van der Waals surface area contributed by atoms with E-state index in [9.17, 15) is 0 Å². The molecule has 3 nitrogen and oxygen atoms in total. The Morgan fingerprint density at radius 3 is 2.83 bits per heavy atom. The van der Waals surface area contributed by atoms with Gasteiger partial charge in [0, 0.05) is 24.4 Å². The number of allylic oxidation sites excluding steroid dienone is 1. The second kappa shape index (κ2) is 5.70. The molecule has 18 heavy (non-hydrogen) atoms. The summed E-state index contributed by atoms with van der Waals surface area (Å²) in [6.07, 6.45) is 12.3. The molecule has 1 N–H and O–H groups in total. The fraction of sp³-hybridized carbons (Fsp3) is 0.667. The molecule has 0 saturated carbocycles. The largest absolute Gasteiger partial charge is 0.299 e. The Kier molecular flexibility index (Phi) is 3.79. The minimum atomic E-state index is 0.698. The Labute approximate surface area is 109 Å². The van der Waals surface area contributed by atoms with Crippen LogP contribution in [-0.2, 0) is 0 Å². The van der Waals surface area contributed by atoms with Gasteiger partial charge in [0.15, 0.2) is 0 Å². The first-order valence-corrected chi connectivity index (χ1v) is 7.31. The van der Waals surface area contributed by atoms with Crippen molar-refractivity contribution in [3.63, 3.8) is 0 Å². The second-order valence-electron chi connectivity index (χ2n) is 5.67. The van der Waals surface area contributed by atoms with Crippen molar-refractivity contribution in [3.05, 3.63) is 29.6 Å². The predicted octanol–water partition coefficient (Wildman–Crippen LogP) is 3.09. The van der Waals surface area contributed by atoms with Gasteiger partial charge in [0.1, 0.15) is 0 Å². The number of nitrogens with zero attached hydrogens (tertiary/aromatic N) is 2. The Bertz CT molecular complexity index is 386. The van der Waals surface area contributed by atoms with Gasteiger partial charge in [0.2, 0.25) is 0 Å². The van der Waals surface area contributed by atoms with Crippen LogP contribution < -0.4 is 0 Å². The van der Waals surface area contributed by atoms with Crippen LogP contribution in [0.4, 0.5) is 0 Å². The molecule has 1 saturated heterocycles. The number of likely N-dealkylation sites (tertiary alicyclic amines) is 1. The number of hydrogen-bond acceptors (Lipinski definition) is 2. The first kappa shape index (κ1) is 12.0. The predicted molar refractivity (Wildman–Crippen MR) is 73.6 cm³/mol. The molecule has 1 aromatic heterocycles.